The third-order valence-corrected chi connectivity index (χ3v) is 4.78. The van der Waals surface area contributed by atoms with E-state index in [0.717, 1.165) is 44.9 Å². The molecule has 2 saturated carbocycles. The van der Waals surface area contributed by atoms with Gasteiger partial charge in [0.15, 0.2) is 0 Å². The first kappa shape index (κ1) is 14.5. The first-order chi connectivity index (χ1) is 9.08. The Hall–Kier alpha value is -0.860. The van der Waals surface area contributed by atoms with E-state index in [1.54, 1.807) is 6.92 Å². The van der Waals surface area contributed by atoms with Crippen LogP contribution in [-0.4, -0.2) is 17.9 Å². The summed E-state index contributed by atoms with van der Waals surface area (Å²) >= 11 is 0. The average molecular weight is 266 g/mol. The highest BCUT2D eigenvalue weighted by molar-refractivity contribution is 5.80. The average Bonchev–Trinajstić information content (AvgIpc) is 2.39. The lowest BCUT2D eigenvalue weighted by molar-refractivity contribution is -0.162. The van der Waals surface area contributed by atoms with Crippen molar-refractivity contribution in [2.45, 2.75) is 71.3 Å². The minimum Gasteiger partial charge on any atom is -0.461 e. The van der Waals surface area contributed by atoms with Gasteiger partial charge in [0.1, 0.15) is 11.9 Å². The van der Waals surface area contributed by atoms with E-state index in [-0.39, 0.29) is 29.7 Å². The summed E-state index contributed by atoms with van der Waals surface area (Å²) in [5.41, 5.74) is 0. The van der Waals surface area contributed by atoms with E-state index in [1.807, 2.05) is 0 Å². The van der Waals surface area contributed by atoms with E-state index in [1.165, 1.54) is 6.42 Å². The molecule has 0 heterocycles. The van der Waals surface area contributed by atoms with E-state index in [2.05, 4.69) is 6.92 Å². The second-order valence-corrected chi connectivity index (χ2v) is 6.45. The van der Waals surface area contributed by atoms with Gasteiger partial charge in [0.25, 0.3) is 0 Å². The molecule has 0 aromatic carbocycles. The number of Topliss-reactive ketones (excluding diaryl/α,β-unsaturated/α-hetero) is 1. The molecule has 3 heteroatoms. The van der Waals surface area contributed by atoms with Crippen molar-refractivity contribution in [3.8, 4) is 0 Å². The lowest BCUT2D eigenvalue weighted by Gasteiger charge is -2.34. The molecule has 3 atom stereocenters. The van der Waals surface area contributed by atoms with Gasteiger partial charge in [-0.25, -0.2) is 0 Å². The molecule has 0 bridgehead atoms. The second kappa shape index (κ2) is 6.53. The highest BCUT2D eigenvalue weighted by atomic mass is 16.5. The monoisotopic (exact) mass is 266 g/mol. The molecular formula is C16H26O3. The van der Waals surface area contributed by atoms with Gasteiger partial charge in [0.05, 0.1) is 11.8 Å². The fraction of sp³-hybridized carbons (Fsp3) is 0.875. The van der Waals surface area contributed by atoms with Gasteiger partial charge in [-0.15, -0.1) is 0 Å². The van der Waals surface area contributed by atoms with E-state index in [0.29, 0.717) is 5.92 Å². The molecule has 19 heavy (non-hydrogen) atoms. The third kappa shape index (κ3) is 3.80. The van der Waals surface area contributed by atoms with Gasteiger partial charge in [-0.1, -0.05) is 26.2 Å². The molecule has 0 aliphatic heterocycles. The summed E-state index contributed by atoms with van der Waals surface area (Å²) < 4.78 is 5.72. The van der Waals surface area contributed by atoms with E-state index < -0.39 is 0 Å². The molecule has 0 unspecified atom stereocenters. The number of carbonyl (C=O) groups excluding carboxylic acids is 2. The summed E-state index contributed by atoms with van der Waals surface area (Å²) in [6, 6.07) is 0. The maximum atomic E-state index is 12.2. The number of esters is 1. The molecule has 2 rings (SSSR count). The van der Waals surface area contributed by atoms with Gasteiger partial charge in [0, 0.05) is 0 Å². The standard InChI is InChI=1S/C16H26O3/c1-11-8-9-14(12(2)17)15(10-11)19-16(18)13-6-4-3-5-7-13/h11,13-15H,3-10H2,1-2H3/t11-,14+,15-/m1/s1. The van der Waals surface area contributed by atoms with Crippen molar-refractivity contribution in [2.24, 2.45) is 17.8 Å². The molecule has 0 amide bonds. The first-order valence-electron chi connectivity index (χ1n) is 7.79. The van der Waals surface area contributed by atoms with Gasteiger partial charge in [-0.05, 0) is 44.9 Å². The van der Waals surface area contributed by atoms with Crippen molar-refractivity contribution in [1.29, 1.82) is 0 Å². The Morgan fingerprint density at radius 1 is 1.00 bits per heavy atom. The molecule has 2 aliphatic rings. The molecule has 0 saturated heterocycles. The van der Waals surface area contributed by atoms with Crippen molar-refractivity contribution in [3.63, 3.8) is 0 Å². The number of hydrogen-bond acceptors (Lipinski definition) is 3. The Balaban J connectivity index is 1.93. The van der Waals surface area contributed by atoms with Gasteiger partial charge in [-0.3, -0.25) is 9.59 Å². The number of carbonyl (C=O) groups is 2. The molecular weight excluding hydrogens is 240 g/mol. The van der Waals surface area contributed by atoms with E-state index >= 15 is 0 Å². The van der Waals surface area contributed by atoms with Crippen LogP contribution < -0.4 is 0 Å². The predicted octanol–water partition coefficient (Wildman–Crippen LogP) is 3.50. The summed E-state index contributed by atoms with van der Waals surface area (Å²) in [5, 5.41) is 0. The molecule has 2 aliphatic carbocycles. The normalized spacial score (nSPS) is 32.8. The lowest BCUT2D eigenvalue weighted by Crippen LogP contribution is -2.38. The van der Waals surface area contributed by atoms with Crippen LogP contribution in [0.15, 0.2) is 0 Å². The van der Waals surface area contributed by atoms with Crippen molar-refractivity contribution in [3.05, 3.63) is 0 Å². The summed E-state index contributed by atoms with van der Waals surface area (Å²) in [4.78, 5) is 23.9. The van der Waals surface area contributed by atoms with Crippen molar-refractivity contribution in [1.82, 2.24) is 0 Å². The molecule has 0 aromatic heterocycles. The van der Waals surface area contributed by atoms with Crippen LogP contribution in [0.3, 0.4) is 0 Å². The van der Waals surface area contributed by atoms with Crippen molar-refractivity contribution >= 4 is 11.8 Å². The topological polar surface area (TPSA) is 43.4 Å². The summed E-state index contributed by atoms with van der Waals surface area (Å²) in [5.74, 6) is 0.695. The van der Waals surface area contributed by atoms with Crippen molar-refractivity contribution < 1.29 is 14.3 Å². The lowest BCUT2D eigenvalue weighted by atomic mass is 9.78. The SMILES string of the molecule is CC(=O)[C@@H]1CC[C@@H](C)C[C@H]1OC(=O)C1CCCCC1. The van der Waals surface area contributed by atoms with Crippen LogP contribution in [0.5, 0.6) is 0 Å². The molecule has 2 fully saturated rings. The molecule has 3 nitrogen and oxygen atoms in total. The third-order valence-electron chi connectivity index (χ3n) is 4.78. The number of ketones is 1. The van der Waals surface area contributed by atoms with Crippen LogP contribution in [-0.2, 0) is 14.3 Å². The first-order valence-corrected chi connectivity index (χ1v) is 7.79. The van der Waals surface area contributed by atoms with Gasteiger partial charge in [-0.2, -0.15) is 0 Å². The zero-order valence-electron chi connectivity index (χ0n) is 12.2. The smallest absolute Gasteiger partial charge is 0.309 e. The molecule has 108 valence electrons. The predicted molar refractivity (Wildman–Crippen MR) is 73.6 cm³/mol. The van der Waals surface area contributed by atoms with Gasteiger partial charge in [0.2, 0.25) is 0 Å². The van der Waals surface area contributed by atoms with Crippen molar-refractivity contribution in [2.75, 3.05) is 0 Å². The number of rotatable bonds is 3. The summed E-state index contributed by atoms with van der Waals surface area (Å²) in [6.07, 6.45) is 8.06. The zero-order valence-corrected chi connectivity index (χ0v) is 12.2. The van der Waals surface area contributed by atoms with Crippen LogP contribution in [0, 0.1) is 17.8 Å². The fourth-order valence-corrected chi connectivity index (χ4v) is 3.51. The minimum absolute atomic E-state index is 0.0509. The van der Waals surface area contributed by atoms with Crippen LogP contribution in [0.1, 0.15) is 65.2 Å². The van der Waals surface area contributed by atoms with Crippen LogP contribution in [0.25, 0.3) is 0 Å². The largest absolute Gasteiger partial charge is 0.461 e. The highest BCUT2D eigenvalue weighted by Crippen LogP contribution is 2.33. The Labute approximate surface area is 116 Å². The fourth-order valence-electron chi connectivity index (χ4n) is 3.51. The van der Waals surface area contributed by atoms with Gasteiger partial charge >= 0.3 is 5.97 Å². The molecule has 0 aromatic rings. The Kier molecular flexibility index (Phi) is 5.00. The molecule has 0 N–H and O–H groups in total. The van der Waals surface area contributed by atoms with Crippen LogP contribution in [0.2, 0.25) is 0 Å². The quantitative estimate of drug-likeness (QED) is 0.734. The van der Waals surface area contributed by atoms with Crippen LogP contribution >= 0.6 is 0 Å². The Morgan fingerprint density at radius 2 is 1.68 bits per heavy atom. The minimum atomic E-state index is -0.171. The zero-order chi connectivity index (χ0) is 13.8. The van der Waals surface area contributed by atoms with Gasteiger partial charge < -0.3 is 4.74 Å². The second-order valence-electron chi connectivity index (χ2n) is 6.45. The number of hydrogen-bond donors (Lipinski definition) is 0. The highest BCUT2D eigenvalue weighted by Gasteiger charge is 2.35. The van der Waals surface area contributed by atoms with Crippen LogP contribution in [0.4, 0.5) is 0 Å². The molecule has 0 radical (unpaired) electrons. The van der Waals surface area contributed by atoms with E-state index in [4.69, 9.17) is 4.74 Å². The van der Waals surface area contributed by atoms with E-state index in [9.17, 15) is 9.59 Å². The Bertz CT molecular complexity index is 331. The molecule has 0 spiro atoms. The summed E-state index contributed by atoms with van der Waals surface area (Å²) in [6.45, 7) is 3.81. The summed E-state index contributed by atoms with van der Waals surface area (Å²) in [7, 11) is 0. The maximum absolute atomic E-state index is 12.2. The maximum Gasteiger partial charge on any atom is 0.309 e. The Morgan fingerprint density at radius 3 is 2.32 bits per heavy atom. The number of ether oxygens (including phenoxy) is 1.